The summed E-state index contributed by atoms with van der Waals surface area (Å²) in [6.07, 6.45) is 3.47. The number of anilines is 4. The van der Waals surface area contributed by atoms with Crippen molar-refractivity contribution in [1.82, 2.24) is 9.97 Å². The molecule has 0 amide bonds. The van der Waals surface area contributed by atoms with Crippen molar-refractivity contribution >= 4 is 22.9 Å². The van der Waals surface area contributed by atoms with Crippen molar-refractivity contribution in [1.29, 1.82) is 0 Å². The zero-order valence-corrected chi connectivity index (χ0v) is 12.9. The molecule has 1 aromatic heterocycles. The number of aromatic hydroxyl groups is 1. The Balaban J connectivity index is 2.17. The van der Waals surface area contributed by atoms with Crippen molar-refractivity contribution in [2.45, 2.75) is 32.1 Å². The van der Waals surface area contributed by atoms with Gasteiger partial charge in [-0.3, -0.25) is 0 Å². The summed E-state index contributed by atoms with van der Waals surface area (Å²) >= 11 is 0. The fourth-order valence-electron chi connectivity index (χ4n) is 3.24. The van der Waals surface area contributed by atoms with Crippen molar-refractivity contribution in [3.63, 3.8) is 0 Å². The fourth-order valence-corrected chi connectivity index (χ4v) is 3.24. The van der Waals surface area contributed by atoms with E-state index in [2.05, 4.69) is 28.7 Å². The van der Waals surface area contributed by atoms with E-state index in [0.29, 0.717) is 11.5 Å². The number of nitrogens with zero attached hydrogens (tertiary/aromatic N) is 3. The molecule has 6 heteroatoms. The molecule has 0 saturated carbocycles. The normalized spacial score (nSPS) is 15.8. The number of hydrogen-bond donors (Lipinski definition) is 3. The molecule has 0 bridgehead atoms. The Labute approximate surface area is 129 Å². The van der Waals surface area contributed by atoms with Gasteiger partial charge in [-0.2, -0.15) is 0 Å². The van der Waals surface area contributed by atoms with Crippen LogP contribution in [-0.2, 0) is 5.41 Å². The highest BCUT2D eigenvalue weighted by Gasteiger charge is 2.43. The molecular weight excluding hydrogens is 278 g/mol. The third kappa shape index (κ3) is 1.94. The molecule has 0 saturated heterocycles. The second-order valence-corrected chi connectivity index (χ2v) is 5.77. The minimum absolute atomic E-state index is 0.0426. The molecule has 0 atom stereocenters. The molecule has 22 heavy (non-hydrogen) atoms. The maximum atomic E-state index is 9.64. The van der Waals surface area contributed by atoms with Crippen LogP contribution < -0.4 is 16.4 Å². The van der Waals surface area contributed by atoms with Gasteiger partial charge in [0, 0.05) is 17.6 Å². The number of rotatable bonds is 3. The highest BCUT2D eigenvalue weighted by atomic mass is 16.3. The Morgan fingerprint density at radius 1 is 1.23 bits per heavy atom. The quantitative estimate of drug-likeness (QED) is 0.594. The average Bonchev–Trinajstić information content (AvgIpc) is 2.87. The van der Waals surface area contributed by atoms with Crippen LogP contribution in [0.2, 0.25) is 0 Å². The van der Waals surface area contributed by atoms with Crippen molar-refractivity contribution < 1.29 is 5.11 Å². The van der Waals surface area contributed by atoms with Gasteiger partial charge >= 0.3 is 0 Å². The molecule has 0 fully saturated rings. The van der Waals surface area contributed by atoms with Gasteiger partial charge in [0.2, 0.25) is 0 Å². The lowest BCUT2D eigenvalue weighted by atomic mass is 9.81. The van der Waals surface area contributed by atoms with E-state index in [1.165, 1.54) is 6.33 Å². The lowest BCUT2D eigenvalue weighted by molar-refractivity contribution is 0.417. The van der Waals surface area contributed by atoms with E-state index in [1.54, 1.807) is 12.1 Å². The molecule has 2 aromatic rings. The largest absolute Gasteiger partial charge is 0.506 e. The SMILES string of the molecule is CCC1(CC)CN(c2ccc(O)c(N)c2)c2c(N)ncnc21. The van der Waals surface area contributed by atoms with Crippen LogP contribution in [0.4, 0.5) is 22.9 Å². The fraction of sp³-hybridized carbons (Fsp3) is 0.375. The van der Waals surface area contributed by atoms with Crippen LogP contribution in [0.25, 0.3) is 0 Å². The van der Waals surface area contributed by atoms with Crippen LogP contribution in [-0.4, -0.2) is 21.6 Å². The van der Waals surface area contributed by atoms with E-state index in [0.717, 1.165) is 36.5 Å². The molecule has 1 aromatic carbocycles. The Morgan fingerprint density at radius 2 is 1.95 bits per heavy atom. The Morgan fingerprint density at radius 3 is 2.59 bits per heavy atom. The molecule has 116 valence electrons. The number of benzene rings is 1. The molecule has 6 nitrogen and oxygen atoms in total. The average molecular weight is 299 g/mol. The number of aromatic nitrogens is 2. The Kier molecular flexibility index (Phi) is 3.31. The van der Waals surface area contributed by atoms with Gasteiger partial charge < -0.3 is 21.5 Å². The van der Waals surface area contributed by atoms with Crippen molar-refractivity contribution in [2.75, 3.05) is 22.9 Å². The van der Waals surface area contributed by atoms with Crippen LogP contribution in [0.1, 0.15) is 32.4 Å². The van der Waals surface area contributed by atoms with Crippen LogP contribution in [0.15, 0.2) is 24.5 Å². The second kappa shape index (κ2) is 5.05. The van der Waals surface area contributed by atoms with Crippen LogP contribution >= 0.6 is 0 Å². The van der Waals surface area contributed by atoms with Gasteiger partial charge in [0.25, 0.3) is 0 Å². The second-order valence-electron chi connectivity index (χ2n) is 5.77. The van der Waals surface area contributed by atoms with Crippen molar-refractivity contribution in [3.8, 4) is 5.75 Å². The first-order valence-corrected chi connectivity index (χ1v) is 7.49. The summed E-state index contributed by atoms with van der Waals surface area (Å²) in [7, 11) is 0. The van der Waals surface area contributed by atoms with Crippen molar-refractivity contribution in [3.05, 3.63) is 30.2 Å². The third-order valence-electron chi connectivity index (χ3n) is 4.76. The molecule has 1 aliphatic heterocycles. The minimum Gasteiger partial charge on any atom is -0.506 e. The summed E-state index contributed by atoms with van der Waals surface area (Å²) in [4.78, 5) is 10.8. The molecule has 0 radical (unpaired) electrons. The summed E-state index contributed by atoms with van der Waals surface area (Å²) in [6, 6.07) is 5.19. The zero-order valence-electron chi connectivity index (χ0n) is 12.9. The van der Waals surface area contributed by atoms with Gasteiger partial charge in [0.1, 0.15) is 17.8 Å². The first kappa shape index (κ1) is 14.4. The number of phenolic OH excluding ortho intramolecular Hbond substituents is 1. The predicted octanol–water partition coefficient (Wildman–Crippen LogP) is 2.56. The van der Waals surface area contributed by atoms with Crippen molar-refractivity contribution in [2.24, 2.45) is 0 Å². The number of fused-ring (bicyclic) bond motifs is 1. The molecule has 1 aliphatic rings. The predicted molar refractivity (Wildman–Crippen MR) is 88.2 cm³/mol. The number of nitrogens with two attached hydrogens (primary N) is 2. The molecule has 0 aliphatic carbocycles. The van der Waals surface area contributed by atoms with E-state index in [-0.39, 0.29) is 11.2 Å². The van der Waals surface area contributed by atoms with E-state index in [9.17, 15) is 5.11 Å². The van der Waals surface area contributed by atoms with E-state index in [4.69, 9.17) is 11.5 Å². The number of nitrogen functional groups attached to an aromatic ring is 2. The smallest absolute Gasteiger partial charge is 0.151 e. The maximum Gasteiger partial charge on any atom is 0.151 e. The van der Waals surface area contributed by atoms with Gasteiger partial charge in [-0.1, -0.05) is 13.8 Å². The monoisotopic (exact) mass is 299 g/mol. The Bertz CT molecular complexity index is 712. The molecule has 3 rings (SSSR count). The highest BCUT2D eigenvalue weighted by Crippen LogP contribution is 2.49. The maximum absolute atomic E-state index is 9.64. The lowest BCUT2D eigenvalue weighted by Gasteiger charge is -2.27. The van der Waals surface area contributed by atoms with Gasteiger partial charge in [0.15, 0.2) is 5.82 Å². The first-order valence-electron chi connectivity index (χ1n) is 7.49. The summed E-state index contributed by atoms with van der Waals surface area (Å²) in [5.41, 5.74) is 15.0. The van der Waals surface area contributed by atoms with Gasteiger partial charge in [-0.05, 0) is 31.0 Å². The van der Waals surface area contributed by atoms with Crippen LogP contribution in [0, 0.1) is 0 Å². The van der Waals surface area contributed by atoms with Gasteiger partial charge in [0.05, 0.1) is 11.4 Å². The summed E-state index contributed by atoms with van der Waals surface area (Å²) in [5.74, 6) is 0.554. The topological polar surface area (TPSA) is 101 Å². The van der Waals surface area contributed by atoms with E-state index in [1.807, 2.05) is 6.07 Å². The third-order valence-corrected chi connectivity index (χ3v) is 4.76. The van der Waals surface area contributed by atoms with E-state index >= 15 is 0 Å². The van der Waals surface area contributed by atoms with Crippen LogP contribution in [0.3, 0.4) is 0 Å². The van der Waals surface area contributed by atoms with Gasteiger partial charge in [-0.15, -0.1) is 0 Å². The highest BCUT2D eigenvalue weighted by molar-refractivity contribution is 5.80. The zero-order chi connectivity index (χ0) is 15.9. The molecule has 0 unspecified atom stereocenters. The van der Waals surface area contributed by atoms with Gasteiger partial charge in [-0.25, -0.2) is 9.97 Å². The molecule has 2 heterocycles. The Hall–Kier alpha value is -2.50. The lowest BCUT2D eigenvalue weighted by Crippen LogP contribution is -2.30. The molecular formula is C16H21N5O. The van der Waals surface area contributed by atoms with E-state index < -0.39 is 0 Å². The molecule has 5 N–H and O–H groups in total. The number of phenols is 1. The first-order chi connectivity index (χ1) is 10.5. The minimum atomic E-state index is -0.0426. The molecule has 0 spiro atoms. The summed E-state index contributed by atoms with van der Waals surface area (Å²) in [5, 5.41) is 9.64. The number of hydrogen-bond acceptors (Lipinski definition) is 6. The van der Waals surface area contributed by atoms with Crippen LogP contribution in [0.5, 0.6) is 5.75 Å². The summed E-state index contributed by atoms with van der Waals surface area (Å²) in [6.45, 7) is 5.11. The standard InChI is InChI=1S/C16H21N5O/c1-3-16(4-2)8-21(10-5-6-12(22)11(17)7-10)13-14(16)19-9-20-15(13)18/h5-7,9,22H,3-4,8,17H2,1-2H3,(H2,18,19,20). The summed E-state index contributed by atoms with van der Waals surface area (Å²) < 4.78 is 0.